The van der Waals surface area contributed by atoms with Crippen LogP contribution in [0.25, 0.3) is 17.2 Å². The van der Waals surface area contributed by atoms with Gasteiger partial charge in [0.05, 0.1) is 12.4 Å². The molecule has 0 aromatic carbocycles. The molecule has 1 saturated carbocycles. The molecule has 4 heterocycles. The van der Waals surface area contributed by atoms with Crippen molar-refractivity contribution in [3.63, 3.8) is 0 Å². The number of alkyl halides is 2. The normalized spacial score (nSPS) is 18.5. The van der Waals surface area contributed by atoms with E-state index in [9.17, 15) is 8.78 Å². The predicted octanol–water partition coefficient (Wildman–Crippen LogP) is 2.51. The van der Waals surface area contributed by atoms with Crippen LogP contribution in [-0.4, -0.2) is 59.7 Å². The largest absolute Gasteiger partial charge is 0.412 e. The van der Waals surface area contributed by atoms with Gasteiger partial charge >= 0.3 is 0 Å². The zero-order valence-corrected chi connectivity index (χ0v) is 19.1. The monoisotopic (exact) mass is 485 g/mol. The number of hydrogen-bond acceptors (Lipinski definition) is 7. The van der Waals surface area contributed by atoms with Gasteiger partial charge in [0.2, 0.25) is 0 Å². The molecule has 3 aromatic rings. The van der Waals surface area contributed by atoms with E-state index in [1.54, 1.807) is 16.8 Å². The minimum atomic E-state index is -2.65. The van der Waals surface area contributed by atoms with Gasteiger partial charge in [-0.2, -0.15) is 12.6 Å². The van der Waals surface area contributed by atoms with Crippen LogP contribution in [-0.2, 0) is 0 Å². The van der Waals surface area contributed by atoms with E-state index in [0.29, 0.717) is 28.5 Å². The highest BCUT2D eigenvalue weighted by Crippen LogP contribution is 2.24. The van der Waals surface area contributed by atoms with Gasteiger partial charge < -0.3 is 21.6 Å². The van der Waals surface area contributed by atoms with Gasteiger partial charge in [-0.15, -0.1) is 0 Å². The molecule has 1 aliphatic heterocycles. The Bertz CT molecular complexity index is 1020. The van der Waals surface area contributed by atoms with Gasteiger partial charge in [-0.05, 0) is 31.7 Å². The average Bonchev–Trinajstić information content (AvgIpc) is 3.42. The second-order valence-corrected chi connectivity index (χ2v) is 8.74. The molecule has 2 fully saturated rings. The van der Waals surface area contributed by atoms with Crippen molar-refractivity contribution in [2.45, 2.75) is 56.2 Å². The van der Waals surface area contributed by atoms with Crippen LogP contribution in [0, 0.1) is 0 Å². The summed E-state index contributed by atoms with van der Waals surface area (Å²) in [5.74, 6) is 1.25. The van der Waals surface area contributed by atoms with Crippen molar-refractivity contribution in [1.29, 1.82) is 0 Å². The molecule has 0 radical (unpaired) electrons. The molecule has 0 bridgehead atoms. The van der Waals surface area contributed by atoms with Crippen LogP contribution in [0.1, 0.15) is 52.1 Å². The molecule has 6 N–H and O–H groups in total. The van der Waals surface area contributed by atoms with Crippen molar-refractivity contribution in [2.75, 3.05) is 18.0 Å². The SMILES string of the molecule is FC(F)c1cn2c(-c3nccc(N4CCCC(S)C4)n3)cnc2cn1.NC1CCCC1.O.O.[HH]. The van der Waals surface area contributed by atoms with Crippen LogP contribution in [0.3, 0.4) is 0 Å². The Balaban J connectivity index is 0.000000565. The minimum absolute atomic E-state index is 0. The fourth-order valence-corrected chi connectivity index (χ4v) is 4.33. The fourth-order valence-electron chi connectivity index (χ4n) is 3.95. The lowest BCUT2D eigenvalue weighted by atomic mass is 10.1. The van der Waals surface area contributed by atoms with Crippen molar-refractivity contribution >= 4 is 24.1 Å². The van der Waals surface area contributed by atoms with E-state index >= 15 is 0 Å². The molecule has 12 heteroatoms. The summed E-state index contributed by atoms with van der Waals surface area (Å²) in [5, 5.41) is 0.322. The molecule has 3 aromatic heterocycles. The van der Waals surface area contributed by atoms with E-state index in [0.717, 1.165) is 31.7 Å². The predicted molar refractivity (Wildman–Crippen MR) is 129 cm³/mol. The first-order chi connectivity index (χ1) is 15.0. The first-order valence-electron chi connectivity index (χ1n) is 10.6. The third-order valence-electron chi connectivity index (χ3n) is 5.63. The van der Waals surface area contributed by atoms with Crippen LogP contribution in [0.5, 0.6) is 0 Å². The number of aromatic nitrogens is 5. The number of thiol groups is 1. The Morgan fingerprint density at radius 3 is 2.45 bits per heavy atom. The topological polar surface area (TPSA) is 148 Å². The first-order valence-corrected chi connectivity index (χ1v) is 11.2. The summed E-state index contributed by atoms with van der Waals surface area (Å²) in [6, 6.07) is 2.40. The summed E-state index contributed by atoms with van der Waals surface area (Å²) in [7, 11) is 0. The maximum atomic E-state index is 12.9. The number of anilines is 1. The first kappa shape index (κ1) is 26.8. The number of hydrogen-bond donors (Lipinski definition) is 2. The highest BCUT2D eigenvalue weighted by molar-refractivity contribution is 7.81. The standard InChI is InChI=1S/C16H16F2N6S.C5H11N.2H2O.H2/c17-15(18)11-9-24-12(6-21-14(24)7-20-11)16-19-4-3-13(22-16)23-5-1-2-10(25)8-23;6-5-3-1-2-4-5;;;/h3-4,6-7,9-10,15,25H,1-2,5,8H2;5H,1-4,6H2;2*1H2;1H. The number of imidazole rings is 1. The zero-order valence-electron chi connectivity index (χ0n) is 18.2. The second kappa shape index (κ2) is 12.2. The number of nitrogens with two attached hydrogens (primary N) is 1. The van der Waals surface area contributed by atoms with Crippen LogP contribution < -0.4 is 10.6 Å². The van der Waals surface area contributed by atoms with E-state index < -0.39 is 6.43 Å². The lowest BCUT2D eigenvalue weighted by molar-refractivity contribution is 0.145. The Hall–Kier alpha value is -2.41. The van der Waals surface area contributed by atoms with Gasteiger partial charge in [0, 0.05) is 38.2 Å². The van der Waals surface area contributed by atoms with Crippen LogP contribution in [0.15, 0.2) is 30.9 Å². The number of nitrogens with zero attached hydrogens (tertiary/aromatic N) is 6. The van der Waals surface area contributed by atoms with Crippen LogP contribution in [0.4, 0.5) is 14.6 Å². The van der Waals surface area contributed by atoms with Gasteiger partial charge in [0.15, 0.2) is 11.5 Å². The Labute approximate surface area is 198 Å². The van der Waals surface area contributed by atoms with E-state index in [1.165, 1.54) is 38.1 Å². The maximum Gasteiger partial charge on any atom is 0.281 e. The van der Waals surface area contributed by atoms with Crippen LogP contribution >= 0.6 is 12.6 Å². The highest BCUT2D eigenvalue weighted by atomic mass is 32.1. The molecule has 1 unspecified atom stereocenters. The van der Waals surface area contributed by atoms with Crippen molar-refractivity contribution in [1.82, 2.24) is 24.3 Å². The van der Waals surface area contributed by atoms with Gasteiger partial charge in [-0.25, -0.2) is 28.7 Å². The number of halogens is 2. The summed E-state index contributed by atoms with van der Waals surface area (Å²) < 4.78 is 27.4. The molecular formula is C21H33F2N7O2S. The lowest BCUT2D eigenvalue weighted by Gasteiger charge is -2.31. The summed E-state index contributed by atoms with van der Waals surface area (Å²) in [4.78, 5) is 19.0. The molecule has 0 spiro atoms. The summed E-state index contributed by atoms with van der Waals surface area (Å²) in [5.41, 5.74) is 6.26. The smallest absolute Gasteiger partial charge is 0.281 e. The molecular weight excluding hydrogens is 452 g/mol. The van der Waals surface area contributed by atoms with Gasteiger partial charge in [-0.3, -0.25) is 4.40 Å². The summed E-state index contributed by atoms with van der Waals surface area (Å²) in [6.07, 6.45) is 10.6. The highest BCUT2D eigenvalue weighted by Gasteiger charge is 2.20. The van der Waals surface area contributed by atoms with Gasteiger partial charge in [-0.1, -0.05) is 12.8 Å². The molecule has 184 valence electrons. The molecule has 9 nitrogen and oxygen atoms in total. The number of rotatable bonds is 3. The molecule has 5 rings (SSSR count). The van der Waals surface area contributed by atoms with E-state index in [2.05, 4.69) is 37.5 Å². The molecule has 0 amide bonds. The Morgan fingerprint density at radius 2 is 1.82 bits per heavy atom. The Morgan fingerprint density at radius 1 is 1.06 bits per heavy atom. The molecule has 2 aliphatic rings. The Kier molecular flexibility index (Phi) is 9.89. The molecule has 1 atom stereocenters. The third kappa shape index (κ3) is 6.56. The summed E-state index contributed by atoms with van der Waals surface area (Å²) >= 11 is 4.56. The quantitative estimate of drug-likeness (QED) is 0.545. The second-order valence-electron chi connectivity index (χ2n) is 8.01. The van der Waals surface area contributed by atoms with Crippen molar-refractivity contribution in [2.24, 2.45) is 5.73 Å². The van der Waals surface area contributed by atoms with Gasteiger partial charge in [0.25, 0.3) is 6.43 Å². The van der Waals surface area contributed by atoms with Gasteiger partial charge in [0.1, 0.15) is 17.2 Å². The molecule has 1 aliphatic carbocycles. The molecule has 1 saturated heterocycles. The maximum absolute atomic E-state index is 12.9. The third-order valence-corrected chi connectivity index (χ3v) is 6.05. The lowest BCUT2D eigenvalue weighted by Crippen LogP contribution is -2.36. The average molecular weight is 486 g/mol. The summed E-state index contributed by atoms with van der Waals surface area (Å²) in [6.45, 7) is 1.74. The molecule has 33 heavy (non-hydrogen) atoms. The fraction of sp³-hybridized carbons (Fsp3) is 0.524. The van der Waals surface area contributed by atoms with Crippen molar-refractivity contribution in [3.8, 4) is 11.5 Å². The van der Waals surface area contributed by atoms with E-state index in [1.807, 2.05) is 6.07 Å². The van der Waals surface area contributed by atoms with Crippen molar-refractivity contribution < 1.29 is 21.2 Å². The van der Waals surface area contributed by atoms with E-state index in [4.69, 9.17) is 5.73 Å². The van der Waals surface area contributed by atoms with E-state index in [-0.39, 0.29) is 18.1 Å². The zero-order chi connectivity index (χ0) is 21.8. The van der Waals surface area contributed by atoms with Crippen LogP contribution in [0.2, 0.25) is 0 Å². The minimum Gasteiger partial charge on any atom is -0.412 e. The van der Waals surface area contributed by atoms with Crippen molar-refractivity contribution in [3.05, 3.63) is 36.5 Å². The number of piperidine rings is 1. The number of fused-ring (bicyclic) bond motifs is 1.